The van der Waals surface area contributed by atoms with Gasteiger partial charge in [-0.15, -0.1) is 0 Å². The molecule has 6 nitrogen and oxygen atoms in total. The van der Waals surface area contributed by atoms with Crippen molar-refractivity contribution in [2.75, 3.05) is 26.4 Å². The minimum absolute atomic E-state index is 0.0583. The van der Waals surface area contributed by atoms with E-state index in [4.69, 9.17) is 14.2 Å². The minimum atomic E-state index is -0.0583. The largest absolute Gasteiger partial charge is 0.381 e. The van der Waals surface area contributed by atoms with Crippen LogP contribution in [0.5, 0.6) is 0 Å². The lowest BCUT2D eigenvalue weighted by Crippen LogP contribution is -2.52. The molecule has 0 spiro atoms. The van der Waals surface area contributed by atoms with E-state index < -0.39 is 0 Å². The van der Waals surface area contributed by atoms with Crippen LogP contribution in [-0.4, -0.2) is 56.8 Å². The third-order valence-corrected chi connectivity index (χ3v) is 4.37. The van der Waals surface area contributed by atoms with Gasteiger partial charge < -0.3 is 24.8 Å². The van der Waals surface area contributed by atoms with Crippen molar-refractivity contribution >= 4 is 6.03 Å². The Hall–Kier alpha value is -0.850. The second kappa shape index (κ2) is 6.74. The van der Waals surface area contributed by atoms with Crippen molar-refractivity contribution in [3.63, 3.8) is 0 Å². The van der Waals surface area contributed by atoms with Crippen LogP contribution in [0.2, 0.25) is 0 Å². The summed E-state index contributed by atoms with van der Waals surface area (Å²) in [5, 5.41) is 6.11. The fraction of sp³-hybridized carbons (Fsp3) is 0.929. The molecule has 3 aliphatic rings. The quantitative estimate of drug-likeness (QED) is 0.787. The minimum Gasteiger partial charge on any atom is -0.381 e. The molecule has 3 rings (SSSR count). The van der Waals surface area contributed by atoms with Crippen molar-refractivity contribution in [3.8, 4) is 0 Å². The van der Waals surface area contributed by atoms with E-state index in [0.29, 0.717) is 13.2 Å². The summed E-state index contributed by atoms with van der Waals surface area (Å²) in [5.74, 6) is 0. The van der Waals surface area contributed by atoms with E-state index in [1.807, 2.05) is 0 Å². The van der Waals surface area contributed by atoms with Gasteiger partial charge in [-0.25, -0.2) is 4.79 Å². The zero-order chi connectivity index (χ0) is 13.8. The Bertz CT molecular complexity index is 333. The van der Waals surface area contributed by atoms with Crippen molar-refractivity contribution in [1.29, 1.82) is 0 Å². The molecule has 114 valence electrons. The van der Waals surface area contributed by atoms with E-state index in [0.717, 1.165) is 45.3 Å². The number of hydrogen-bond acceptors (Lipinski definition) is 4. The molecule has 0 aromatic rings. The average Bonchev–Trinajstić information content (AvgIpc) is 2.48. The molecule has 2 amide bonds. The van der Waals surface area contributed by atoms with Crippen LogP contribution < -0.4 is 10.6 Å². The van der Waals surface area contributed by atoms with Crippen LogP contribution in [0.4, 0.5) is 4.79 Å². The molecule has 2 heterocycles. The van der Waals surface area contributed by atoms with E-state index in [1.54, 1.807) is 0 Å². The highest BCUT2D eigenvalue weighted by molar-refractivity contribution is 5.74. The van der Waals surface area contributed by atoms with Crippen molar-refractivity contribution in [2.45, 2.75) is 56.4 Å². The second-order valence-electron chi connectivity index (χ2n) is 5.83. The molecule has 2 N–H and O–H groups in total. The van der Waals surface area contributed by atoms with Gasteiger partial charge in [-0.05, 0) is 32.1 Å². The molecule has 2 aliphatic heterocycles. The lowest BCUT2D eigenvalue weighted by atomic mass is 9.90. The molecule has 2 saturated heterocycles. The third-order valence-electron chi connectivity index (χ3n) is 4.37. The molecule has 6 heteroatoms. The van der Waals surface area contributed by atoms with Gasteiger partial charge in [0.2, 0.25) is 0 Å². The summed E-state index contributed by atoms with van der Waals surface area (Å²) in [4.78, 5) is 12.0. The second-order valence-corrected chi connectivity index (χ2v) is 5.83. The van der Waals surface area contributed by atoms with Gasteiger partial charge in [0.15, 0.2) is 0 Å². The maximum Gasteiger partial charge on any atom is 0.315 e. The third kappa shape index (κ3) is 3.62. The summed E-state index contributed by atoms with van der Waals surface area (Å²) < 4.78 is 16.7. The van der Waals surface area contributed by atoms with E-state index in [9.17, 15) is 4.79 Å². The fourth-order valence-electron chi connectivity index (χ4n) is 3.25. The molecule has 1 aliphatic carbocycles. The zero-order valence-corrected chi connectivity index (χ0v) is 11.8. The summed E-state index contributed by atoms with van der Waals surface area (Å²) in [6.45, 7) is 2.85. The van der Waals surface area contributed by atoms with Gasteiger partial charge in [0.05, 0.1) is 25.4 Å². The van der Waals surface area contributed by atoms with Gasteiger partial charge >= 0.3 is 6.03 Å². The number of carbonyl (C=O) groups is 1. The molecular weight excluding hydrogens is 260 g/mol. The highest BCUT2D eigenvalue weighted by Gasteiger charge is 2.34. The Kier molecular flexibility index (Phi) is 4.75. The lowest BCUT2D eigenvalue weighted by molar-refractivity contribution is -0.157. The van der Waals surface area contributed by atoms with Gasteiger partial charge in [-0.3, -0.25) is 0 Å². The average molecular weight is 284 g/mol. The summed E-state index contributed by atoms with van der Waals surface area (Å²) >= 11 is 0. The number of nitrogens with one attached hydrogen (secondary N) is 2. The highest BCUT2D eigenvalue weighted by Crippen LogP contribution is 2.26. The molecule has 3 atom stereocenters. The first kappa shape index (κ1) is 14.1. The van der Waals surface area contributed by atoms with Crippen molar-refractivity contribution in [3.05, 3.63) is 0 Å². The fourth-order valence-corrected chi connectivity index (χ4v) is 3.25. The van der Waals surface area contributed by atoms with Crippen LogP contribution in [0.25, 0.3) is 0 Å². The maximum atomic E-state index is 12.0. The molecule has 0 bridgehead atoms. The standard InChI is InChI=1S/C14H24N2O4/c17-14(15-10-3-5-18-6-4-10)16-11-1-2-12-13(9-11)20-8-7-19-12/h10-13H,1-9H2,(H2,15,16,17). The molecule has 0 aromatic heterocycles. The summed E-state index contributed by atoms with van der Waals surface area (Å²) in [7, 11) is 0. The Morgan fingerprint density at radius 3 is 2.30 bits per heavy atom. The van der Waals surface area contributed by atoms with Gasteiger partial charge in [0.25, 0.3) is 0 Å². The Labute approximate surface area is 119 Å². The monoisotopic (exact) mass is 284 g/mol. The predicted octanol–water partition coefficient (Wildman–Crippen LogP) is 0.801. The number of carbonyl (C=O) groups excluding carboxylic acids is 1. The van der Waals surface area contributed by atoms with Gasteiger partial charge in [0.1, 0.15) is 0 Å². The van der Waals surface area contributed by atoms with E-state index in [1.165, 1.54) is 0 Å². The molecular formula is C14H24N2O4. The summed E-state index contributed by atoms with van der Waals surface area (Å²) in [6.07, 6.45) is 4.95. The van der Waals surface area contributed by atoms with Gasteiger partial charge in [-0.1, -0.05) is 0 Å². The number of urea groups is 1. The molecule has 0 aromatic carbocycles. The highest BCUT2D eigenvalue weighted by atomic mass is 16.6. The molecule has 0 radical (unpaired) electrons. The number of amides is 2. The predicted molar refractivity (Wildman–Crippen MR) is 72.6 cm³/mol. The number of hydrogen-bond donors (Lipinski definition) is 2. The normalized spacial score (nSPS) is 35.1. The van der Waals surface area contributed by atoms with Crippen molar-refractivity contribution in [1.82, 2.24) is 10.6 Å². The Morgan fingerprint density at radius 1 is 0.800 bits per heavy atom. The van der Waals surface area contributed by atoms with Crippen LogP contribution in [0.3, 0.4) is 0 Å². The topological polar surface area (TPSA) is 68.8 Å². The molecule has 20 heavy (non-hydrogen) atoms. The van der Waals surface area contributed by atoms with Crippen LogP contribution >= 0.6 is 0 Å². The molecule has 3 unspecified atom stereocenters. The Morgan fingerprint density at radius 2 is 1.50 bits per heavy atom. The van der Waals surface area contributed by atoms with Gasteiger partial charge in [0, 0.05) is 25.3 Å². The summed E-state index contributed by atoms with van der Waals surface area (Å²) in [6, 6.07) is 0.379. The lowest BCUT2D eigenvalue weighted by Gasteiger charge is -2.39. The molecule has 1 saturated carbocycles. The first-order valence-corrected chi connectivity index (χ1v) is 7.69. The van der Waals surface area contributed by atoms with E-state index in [2.05, 4.69) is 10.6 Å². The van der Waals surface area contributed by atoms with Crippen LogP contribution in [0.1, 0.15) is 32.1 Å². The first-order valence-electron chi connectivity index (χ1n) is 7.69. The van der Waals surface area contributed by atoms with Crippen molar-refractivity contribution in [2.24, 2.45) is 0 Å². The summed E-state index contributed by atoms with van der Waals surface area (Å²) in [5.41, 5.74) is 0. The zero-order valence-electron chi connectivity index (χ0n) is 11.8. The van der Waals surface area contributed by atoms with Crippen LogP contribution in [-0.2, 0) is 14.2 Å². The van der Waals surface area contributed by atoms with Crippen LogP contribution in [0, 0.1) is 0 Å². The number of rotatable bonds is 2. The van der Waals surface area contributed by atoms with Crippen LogP contribution in [0.15, 0.2) is 0 Å². The number of fused-ring (bicyclic) bond motifs is 1. The van der Waals surface area contributed by atoms with Gasteiger partial charge in [-0.2, -0.15) is 0 Å². The smallest absolute Gasteiger partial charge is 0.315 e. The first-order chi connectivity index (χ1) is 9.81. The van der Waals surface area contributed by atoms with E-state index in [-0.39, 0.29) is 30.3 Å². The SMILES string of the molecule is O=C(NC1CCOCC1)NC1CCC2OCCOC2C1. The molecule has 3 fully saturated rings. The maximum absolute atomic E-state index is 12.0. The van der Waals surface area contributed by atoms with E-state index >= 15 is 0 Å². The van der Waals surface area contributed by atoms with Crippen molar-refractivity contribution < 1.29 is 19.0 Å². The Balaban J connectivity index is 1.42. The number of ether oxygens (including phenoxy) is 3.